The first-order chi connectivity index (χ1) is 13.0. The van der Waals surface area contributed by atoms with Crippen molar-refractivity contribution < 1.29 is 19.5 Å². The summed E-state index contributed by atoms with van der Waals surface area (Å²) >= 11 is 0. The first-order valence-electron chi connectivity index (χ1n) is 8.68. The van der Waals surface area contributed by atoms with Crippen LogP contribution in [0.4, 0.5) is 5.69 Å². The van der Waals surface area contributed by atoms with Crippen LogP contribution in [-0.4, -0.2) is 65.9 Å². The second kappa shape index (κ2) is 8.01. The fraction of sp³-hybridized carbons (Fsp3) is 0.250. The number of hydrogen-bond donors (Lipinski definition) is 2. The van der Waals surface area contributed by atoms with Gasteiger partial charge in [-0.2, -0.15) is 0 Å². The Morgan fingerprint density at radius 1 is 0.852 bits per heavy atom. The Hall–Kier alpha value is -3.19. The first kappa shape index (κ1) is 18.6. The van der Waals surface area contributed by atoms with Gasteiger partial charge in [-0.3, -0.25) is 9.59 Å². The van der Waals surface area contributed by atoms with Crippen molar-refractivity contribution in [3.05, 3.63) is 65.2 Å². The molecule has 1 aliphatic rings. The maximum absolute atomic E-state index is 12.9. The Labute approximate surface area is 157 Å². The molecule has 0 aliphatic carbocycles. The minimum absolute atomic E-state index is 0.0480. The lowest BCUT2D eigenvalue weighted by Gasteiger charge is -2.32. The summed E-state index contributed by atoms with van der Waals surface area (Å²) in [7, 11) is 2.01. The van der Waals surface area contributed by atoms with Crippen molar-refractivity contribution in [1.82, 2.24) is 9.80 Å². The molecule has 0 bridgehead atoms. The summed E-state index contributed by atoms with van der Waals surface area (Å²) in [5, 5.41) is 12.0. The largest absolute Gasteiger partial charge is 0.478 e. The molecule has 7 heteroatoms. The second-order valence-corrected chi connectivity index (χ2v) is 6.45. The zero-order chi connectivity index (χ0) is 19.4. The lowest BCUT2D eigenvalue weighted by atomic mass is 10.1. The highest BCUT2D eigenvalue weighted by Gasteiger charge is 2.23. The summed E-state index contributed by atoms with van der Waals surface area (Å²) in [5.74, 6) is -1.89. The molecule has 2 amide bonds. The molecule has 0 aromatic heterocycles. The van der Waals surface area contributed by atoms with E-state index in [1.807, 2.05) is 7.05 Å². The summed E-state index contributed by atoms with van der Waals surface area (Å²) < 4.78 is 0. The number of hydrogen-bond acceptors (Lipinski definition) is 4. The minimum atomic E-state index is -1.18. The van der Waals surface area contributed by atoms with E-state index < -0.39 is 11.9 Å². The van der Waals surface area contributed by atoms with Gasteiger partial charge in [-0.25, -0.2) is 4.79 Å². The maximum atomic E-state index is 12.9. The normalized spacial score (nSPS) is 14.6. The monoisotopic (exact) mass is 367 g/mol. The zero-order valence-corrected chi connectivity index (χ0v) is 15.0. The Morgan fingerprint density at radius 3 is 2.04 bits per heavy atom. The Bertz CT molecular complexity index is 873. The lowest BCUT2D eigenvalue weighted by Crippen LogP contribution is -2.47. The van der Waals surface area contributed by atoms with Crippen LogP contribution >= 0.6 is 0 Å². The van der Waals surface area contributed by atoms with Gasteiger partial charge in [-0.1, -0.05) is 24.3 Å². The SMILES string of the molecule is CN1CCN(C(=O)c2ccccc2NC(=O)c2ccccc2C(=O)O)CC1. The number of nitrogens with zero attached hydrogens (tertiary/aromatic N) is 2. The number of carboxylic acid groups (broad SMARTS) is 1. The molecule has 2 aromatic rings. The number of benzene rings is 2. The minimum Gasteiger partial charge on any atom is -0.478 e. The molecule has 0 radical (unpaired) electrons. The number of likely N-dealkylation sites (N-methyl/N-ethyl adjacent to an activating group) is 1. The number of amides is 2. The van der Waals surface area contributed by atoms with E-state index in [1.54, 1.807) is 41.3 Å². The van der Waals surface area contributed by atoms with Gasteiger partial charge in [0, 0.05) is 26.2 Å². The molecule has 140 valence electrons. The van der Waals surface area contributed by atoms with Crippen LogP contribution in [0.2, 0.25) is 0 Å². The highest BCUT2D eigenvalue weighted by Crippen LogP contribution is 2.20. The van der Waals surface area contributed by atoms with Crippen LogP contribution in [0.3, 0.4) is 0 Å². The summed E-state index contributed by atoms with van der Waals surface area (Å²) in [4.78, 5) is 40.8. The van der Waals surface area contributed by atoms with E-state index in [4.69, 9.17) is 0 Å². The number of rotatable bonds is 4. The summed E-state index contributed by atoms with van der Waals surface area (Å²) in [6.07, 6.45) is 0. The highest BCUT2D eigenvalue weighted by molar-refractivity contribution is 6.13. The Balaban J connectivity index is 1.83. The van der Waals surface area contributed by atoms with Gasteiger partial charge in [-0.05, 0) is 31.3 Å². The molecule has 0 spiro atoms. The van der Waals surface area contributed by atoms with Crippen molar-refractivity contribution in [2.45, 2.75) is 0 Å². The maximum Gasteiger partial charge on any atom is 0.336 e. The van der Waals surface area contributed by atoms with Gasteiger partial charge in [0.05, 0.1) is 22.4 Å². The molecule has 1 heterocycles. The number of piperazine rings is 1. The van der Waals surface area contributed by atoms with Gasteiger partial charge >= 0.3 is 5.97 Å². The van der Waals surface area contributed by atoms with Crippen molar-refractivity contribution in [3.63, 3.8) is 0 Å². The van der Waals surface area contributed by atoms with Gasteiger partial charge < -0.3 is 20.2 Å². The number of carboxylic acids is 1. The highest BCUT2D eigenvalue weighted by atomic mass is 16.4. The number of aromatic carboxylic acids is 1. The molecular weight excluding hydrogens is 346 g/mol. The third-order valence-electron chi connectivity index (χ3n) is 4.60. The van der Waals surface area contributed by atoms with Crippen LogP contribution in [0.1, 0.15) is 31.1 Å². The van der Waals surface area contributed by atoms with Crippen LogP contribution in [0.25, 0.3) is 0 Å². The van der Waals surface area contributed by atoms with E-state index in [1.165, 1.54) is 12.1 Å². The van der Waals surface area contributed by atoms with Crippen LogP contribution in [0.15, 0.2) is 48.5 Å². The van der Waals surface area contributed by atoms with Gasteiger partial charge in [-0.15, -0.1) is 0 Å². The molecule has 2 N–H and O–H groups in total. The topological polar surface area (TPSA) is 90.0 Å². The van der Waals surface area contributed by atoms with Crippen molar-refractivity contribution in [1.29, 1.82) is 0 Å². The number of para-hydroxylation sites is 1. The van der Waals surface area contributed by atoms with E-state index in [9.17, 15) is 19.5 Å². The van der Waals surface area contributed by atoms with Crippen LogP contribution in [-0.2, 0) is 0 Å². The molecule has 7 nitrogen and oxygen atoms in total. The van der Waals surface area contributed by atoms with Gasteiger partial charge in [0.2, 0.25) is 0 Å². The molecule has 0 atom stereocenters. The molecular formula is C20H21N3O4. The average Bonchev–Trinajstić information content (AvgIpc) is 2.68. The molecule has 27 heavy (non-hydrogen) atoms. The lowest BCUT2D eigenvalue weighted by molar-refractivity contribution is 0.0662. The number of carbonyl (C=O) groups excluding carboxylic acids is 2. The second-order valence-electron chi connectivity index (χ2n) is 6.45. The Kier molecular flexibility index (Phi) is 5.52. The predicted octanol–water partition coefficient (Wildman–Crippen LogP) is 2.02. The Morgan fingerprint density at radius 2 is 1.41 bits per heavy atom. The van der Waals surface area contributed by atoms with Crippen molar-refractivity contribution in [2.75, 3.05) is 38.5 Å². The third-order valence-corrected chi connectivity index (χ3v) is 4.60. The summed E-state index contributed by atoms with van der Waals surface area (Å²) in [6.45, 7) is 2.84. The fourth-order valence-electron chi connectivity index (χ4n) is 3.02. The van der Waals surface area contributed by atoms with E-state index in [2.05, 4.69) is 10.2 Å². The van der Waals surface area contributed by atoms with Gasteiger partial charge in [0.25, 0.3) is 11.8 Å². The summed E-state index contributed by atoms with van der Waals surface area (Å²) in [5.41, 5.74) is 0.722. The molecule has 1 fully saturated rings. The first-order valence-corrected chi connectivity index (χ1v) is 8.68. The molecule has 0 unspecified atom stereocenters. The fourth-order valence-corrected chi connectivity index (χ4v) is 3.02. The number of nitrogens with one attached hydrogen (secondary N) is 1. The van der Waals surface area contributed by atoms with Gasteiger partial charge in [0.15, 0.2) is 0 Å². The number of carbonyl (C=O) groups is 3. The molecule has 0 saturated carbocycles. The van der Waals surface area contributed by atoms with Crippen molar-refractivity contribution in [3.8, 4) is 0 Å². The summed E-state index contributed by atoms with van der Waals surface area (Å²) in [6, 6.07) is 12.8. The molecule has 2 aromatic carbocycles. The smallest absolute Gasteiger partial charge is 0.336 e. The van der Waals surface area contributed by atoms with E-state index in [0.717, 1.165) is 13.1 Å². The molecule has 1 aliphatic heterocycles. The van der Waals surface area contributed by atoms with E-state index in [0.29, 0.717) is 24.3 Å². The zero-order valence-electron chi connectivity index (χ0n) is 15.0. The van der Waals surface area contributed by atoms with Crippen LogP contribution < -0.4 is 5.32 Å². The molecule has 1 saturated heterocycles. The molecule has 3 rings (SSSR count). The van der Waals surface area contributed by atoms with Crippen molar-refractivity contribution in [2.24, 2.45) is 0 Å². The standard InChI is InChI=1S/C20H21N3O4/c1-22-10-12-23(13-11-22)19(25)16-8-4-5-9-17(16)21-18(24)14-6-2-3-7-15(14)20(26)27/h2-9H,10-13H2,1H3,(H,21,24)(H,26,27). The van der Waals surface area contributed by atoms with E-state index in [-0.39, 0.29) is 17.0 Å². The average molecular weight is 367 g/mol. The number of anilines is 1. The van der Waals surface area contributed by atoms with Crippen LogP contribution in [0.5, 0.6) is 0 Å². The third kappa shape index (κ3) is 4.15. The van der Waals surface area contributed by atoms with E-state index >= 15 is 0 Å². The predicted molar refractivity (Wildman–Crippen MR) is 101 cm³/mol. The van der Waals surface area contributed by atoms with Gasteiger partial charge in [0.1, 0.15) is 0 Å². The quantitative estimate of drug-likeness (QED) is 0.863. The van der Waals surface area contributed by atoms with Crippen LogP contribution in [0, 0.1) is 0 Å². The van der Waals surface area contributed by atoms with Crippen molar-refractivity contribution >= 4 is 23.5 Å².